The average Bonchev–Trinajstić information content (AvgIpc) is 2.37. The molecule has 20 heavy (non-hydrogen) atoms. The molecule has 0 aliphatic heterocycles. The van der Waals surface area contributed by atoms with Crippen LogP contribution in [0.2, 0.25) is 0 Å². The van der Waals surface area contributed by atoms with Gasteiger partial charge >= 0.3 is 0 Å². The Morgan fingerprint density at radius 1 is 1.40 bits per heavy atom. The van der Waals surface area contributed by atoms with Crippen LogP contribution in [0.4, 0.5) is 5.69 Å². The number of hydrogen-bond acceptors (Lipinski definition) is 4. The number of nitrogens with one attached hydrogen (secondary N) is 1. The predicted octanol–water partition coefficient (Wildman–Crippen LogP) is 0.956. The van der Waals surface area contributed by atoms with Crippen LogP contribution in [-0.4, -0.2) is 43.4 Å². The summed E-state index contributed by atoms with van der Waals surface area (Å²) in [6.07, 6.45) is 0. The highest BCUT2D eigenvalue weighted by Gasteiger charge is 2.24. The zero-order valence-electron chi connectivity index (χ0n) is 11.9. The molecule has 1 rings (SSSR count). The first-order chi connectivity index (χ1) is 9.32. The highest BCUT2D eigenvalue weighted by atomic mass is 32.2. The molecular formula is C13H20N2O4S. The number of hydrogen-bond donors (Lipinski definition) is 2. The van der Waals surface area contributed by atoms with E-state index in [0.717, 1.165) is 0 Å². The van der Waals surface area contributed by atoms with E-state index in [0.29, 0.717) is 11.3 Å². The molecule has 0 radical (unpaired) electrons. The third kappa shape index (κ3) is 3.78. The Morgan fingerprint density at radius 2 is 2.05 bits per heavy atom. The van der Waals surface area contributed by atoms with Crippen LogP contribution in [0.1, 0.15) is 19.4 Å². The van der Waals surface area contributed by atoms with Gasteiger partial charge in [-0.3, -0.25) is 4.79 Å². The number of likely N-dealkylation sites (N-methyl/N-ethyl adjacent to an activating group) is 1. The normalized spacial score (nSPS) is 11.7. The van der Waals surface area contributed by atoms with Gasteiger partial charge in [0.15, 0.2) is 0 Å². The fourth-order valence-electron chi connectivity index (χ4n) is 1.86. The first-order valence-electron chi connectivity index (χ1n) is 6.32. The third-order valence-electron chi connectivity index (χ3n) is 2.83. The van der Waals surface area contributed by atoms with E-state index in [1.807, 2.05) is 0 Å². The lowest BCUT2D eigenvalue weighted by atomic mass is 10.2. The number of anilines is 1. The number of amides is 1. The minimum Gasteiger partial charge on any atom is -0.395 e. The molecule has 0 aromatic heterocycles. The average molecular weight is 300 g/mol. The first-order valence-corrected chi connectivity index (χ1v) is 7.76. The highest BCUT2D eigenvalue weighted by Crippen LogP contribution is 2.23. The van der Waals surface area contributed by atoms with Gasteiger partial charge in [0, 0.05) is 25.7 Å². The van der Waals surface area contributed by atoms with Crippen molar-refractivity contribution in [1.29, 1.82) is 0 Å². The Balaban J connectivity index is 3.25. The van der Waals surface area contributed by atoms with E-state index in [2.05, 4.69) is 5.32 Å². The molecular weight excluding hydrogens is 280 g/mol. The van der Waals surface area contributed by atoms with Crippen LogP contribution in [0.3, 0.4) is 0 Å². The van der Waals surface area contributed by atoms with Crippen molar-refractivity contribution in [2.24, 2.45) is 0 Å². The smallest absolute Gasteiger partial charge is 0.243 e. The Morgan fingerprint density at radius 3 is 2.55 bits per heavy atom. The molecule has 0 aliphatic rings. The van der Waals surface area contributed by atoms with E-state index >= 15 is 0 Å². The molecule has 0 spiro atoms. The maximum atomic E-state index is 12.5. The van der Waals surface area contributed by atoms with Gasteiger partial charge in [0.1, 0.15) is 0 Å². The van der Waals surface area contributed by atoms with E-state index in [1.165, 1.54) is 17.3 Å². The Bertz CT molecular complexity index is 584. The lowest BCUT2D eigenvalue weighted by Crippen LogP contribution is -2.33. The molecule has 0 aliphatic carbocycles. The SMILES string of the molecule is CCN(CCO)S(=O)(=O)c1cc(NC(C)=O)ccc1C. The van der Waals surface area contributed by atoms with E-state index in [1.54, 1.807) is 26.0 Å². The van der Waals surface area contributed by atoms with Crippen molar-refractivity contribution in [2.75, 3.05) is 25.0 Å². The van der Waals surface area contributed by atoms with Crippen LogP contribution in [0.25, 0.3) is 0 Å². The lowest BCUT2D eigenvalue weighted by Gasteiger charge is -2.21. The number of aryl methyl sites for hydroxylation is 1. The summed E-state index contributed by atoms with van der Waals surface area (Å²) >= 11 is 0. The van der Waals surface area contributed by atoms with Gasteiger partial charge in [0.05, 0.1) is 11.5 Å². The molecule has 2 N–H and O–H groups in total. The molecule has 112 valence electrons. The van der Waals surface area contributed by atoms with E-state index in [4.69, 9.17) is 5.11 Å². The maximum absolute atomic E-state index is 12.5. The monoisotopic (exact) mass is 300 g/mol. The number of sulfonamides is 1. The lowest BCUT2D eigenvalue weighted by molar-refractivity contribution is -0.114. The number of rotatable bonds is 6. The van der Waals surface area contributed by atoms with E-state index in [9.17, 15) is 13.2 Å². The molecule has 1 amide bonds. The van der Waals surface area contributed by atoms with Crippen molar-refractivity contribution in [3.63, 3.8) is 0 Å². The van der Waals surface area contributed by atoms with Crippen molar-refractivity contribution in [3.05, 3.63) is 23.8 Å². The zero-order chi connectivity index (χ0) is 15.3. The molecule has 0 bridgehead atoms. The van der Waals surface area contributed by atoms with Gasteiger partial charge in [-0.25, -0.2) is 8.42 Å². The topological polar surface area (TPSA) is 86.7 Å². The summed E-state index contributed by atoms with van der Waals surface area (Å²) in [5.74, 6) is -0.264. The Kier molecular flexibility index (Phi) is 5.67. The fourth-order valence-corrected chi connectivity index (χ4v) is 3.55. The van der Waals surface area contributed by atoms with Gasteiger partial charge < -0.3 is 10.4 Å². The second kappa shape index (κ2) is 6.83. The number of benzene rings is 1. The first kappa shape index (κ1) is 16.6. The van der Waals surface area contributed by atoms with Crippen molar-refractivity contribution < 1.29 is 18.3 Å². The molecule has 6 nitrogen and oxygen atoms in total. The van der Waals surface area contributed by atoms with Crippen molar-refractivity contribution in [1.82, 2.24) is 4.31 Å². The van der Waals surface area contributed by atoms with Crippen LogP contribution in [-0.2, 0) is 14.8 Å². The number of aliphatic hydroxyl groups excluding tert-OH is 1. The standard InChI is InChI=1S/C13H20N2O4S/c1-4-15(7-8-16)20(18,19)13-9-12(14-11(3)17)6-5-10(13)2/h5-6,9,16H,4,7-8H2,1-3H3,(H,14,17). The van der Waals surface area contributed by atoms with Crippen LogP contribution < -0.4 is 5.32 Å². The van der Waals surface area contributed by atoms with E-state index < -0.39 is 10.0 Å². The minimum atomic E-state index is -3.68. The summed E-state index contributed by atoms with van der Waals surface area (Å²) < 4.78 is 26.2. The quantitative estimate of drug-likeness (QED) is 0.819. The van der Waals surface area contributed by atoms with Crippen LogP contribution in [0.5, 0.6) is 0 Å². The largest absolute Gasteiger partial charge is 0.395 e. The van der Waals surface area contributed by atoms with Gasteiger partial charge in [0.2, 0.25) is 15.9 Å². The zero-order valence-corrected chi connectivity index (χ0v) is 12.7. The summed E-state index contributed by atoms with van der Waals surface area (Å²) in [6.45, 7) is 4.84. The number of nitrogens with zero attached hydrogens (tertiary/aromatic N) is 1. The second-order valence-electron chi connectivity index (χ2n) is 4.38. The maximum Gasteiger partial charge on any atom is 0.243 e. The molecule has 1 aromatic carbocycles. The van der Waals surface area contributed by atoms with Gasteiger partial charge in [-0.15, -0.1) is 0 Å². The molecule has 0 heterocycles. The Hall–Kier alpha value is -1.44. The predicted molar refractivity (Wildman–Crippen MR) is 77.0 cm³/mol. The van der Waals surface area contributed by atoms with Crippen molar-refractivity contribution >= 4 is 21.6 Å². The van der Waals surface area contributed by atoms with Gasteiger partial charge in [0.25, 0.3) is 0 Å². The molecule has 0 fully saturated rings. The van der Waals surface area contributed by atoms with Crippen molar-refractivity contribution in [3.8, 4) is 0 Å². The van der Waals surface area contributed by atoms with Gasteiger partial charge in [-0.05, 0) is 24.6 Å². The van der Waals surface area contributed by atoms with Crippen LogP contribution in [0.15, 0.2) is 23.1 Å². The summed E-state index contributed by atoms with van der Waals surface area (Å²) in [5, 5.41) is 11.5. The third-order valence-corrected chi connectivity index (χ3v) is 4.94. The summed E-state index contributed by atoms with van der Waals surface area (Å²) in [6, 6.07) is 4.73. The van der Waals surface area contributed by atoms with Gasteiger partial charge in [-0.2, -0.15) is 4.31 Å². The van der Waals surface area contributed by atoms with Crippen molar-refractivity contribution in [2.45, 2.75) is 25.7 Å². The summed E-state index contributed by atoms with van der Waals surface area (Å²) in [5.41, 5.74) is 1.03. The highest BCUT2D eigenvalue weighted by molar-refractivity contribution is 7.89. The van der Waals surface area contributed by atoms with Crippen LogP contribution in [0, 0.1) is 6.92 Å². The van der Waals surface area contributed by atoms with E-state index in [-0.39, 0.29) is 30.5 Å². The summed E-state index contributed by atoms with van der Waals surface area (Å²) in [7, 11) is -3.68. The molecule has 7 heteroatoms. The summed E-state index contributed by atoms with van der Waals surface area (Å²) in [4.78, 5) is 11.2. The number of carbonyl (C=O) groups excluding carboxylic acids is 1. The molecule has 0 saturated heterocycles. The molecule has 0 atom stereocenters. The molecule has 1 aromatic rings. The molecule has 0 saturated carbocycles. The molecule has 0 unspecified atom stereocenters. The number of aliphatic hydroxyl groups is 1. The minimum absolute atomic E-state index is 0.0443. The van der Waals surface area contributed by atoms with Crippen LogP contribution >= 0.6 is 0 Å². The Labute approximate surface area is 119 Å². The fraction of sp³-hybridized carbons (Fsp3) is 0.462. The van der Waals surface area contributed by atoms with Gasteiger partial charge in [-0.1, -0.05) is 13.0 Å². The number of carbonyl (C=O) groups is 1. The second-order valence-corrected chi connectivity index (χ2v) is 6.29.